The summed E-state index contributed by atoms with van der Waals surface area (Å²) in [6, 6.07) is 14.6. The lowest BCUT2D eigenvalue weighted by atomic mass is 10.0. The predicted octanol–water partition coefficient (Wildman–Crippen LogP) is 4.71. The van der Waals surface area contributed by atoms with Crippen LogP contribution in [0.4, 0.5) is 5.69 Å². The van der Waals surface area contributed by atoms with E-state index in [9.17, 15) is 4.79 Å². The Labute approximate surface area is 120 Å². The van der Waals surface area contributed by atoms with Crippen molar-refractivity contribution in [3.8, 4) is 11.1 Å². The fourth-order valence-electron chi connectivity index (χ4n) is 2.12. The van der Waals surface area contributed by atoms with Crippen molar-refractivity contribution in [3.63, 3.8) is 0 Å². The molecule has 0 atom stereocenters. The van der Waals surface area contributed by atoms with E-state index in [1.807, 2.05) is 19.9 Å². The van der Waals surface area contributed by atoms with Gasteiger partial charge in [0, 0.05) is 12.1 Å². The van der Waals surface area contributed by atoms with Crippen molar-refractivity contribution in [1.82, 2.24) is 0 Å². The molecule has 0 aliphatic heterocycles. The van der Waals surface area contributed by atoms with E-state index in [-0.39, 0.29) is 5.91 Å². The van der Waals surface area contributed by atoms with Crippen molar-refractivity contribution < 1.29 is 4.79 Å². The maximum Gasteiger partial charge on any atom is 0.224 e. The normalized spacial score (nSPS) is 10.3. The molecule has 2 heteroatoms. The second-order valence-electron chi connectivity index (χ2n) is 5.19. The SMILES string of the molecule is CCCC(=O)Nc1cc(-c2ccc(C)cc2)ccc1C. The number of amides is 1. The average Bonchev–Trinajstić information content (AvgIpc) is 2.42. The first-order valence-electron chi connectivity index (χ1n) is 7.07. The maximum absolute atomic E-state index is 11.7. The number of hydrogen-bond acceptors (Lipinski definition) is 1. The van der Waals surface area contributed by atoms with Gasteiger partial charge in [-0.05, 0) is 43.0 Å². The van der Waals surface area contributed by atoms with Crippen LogP contribution in [0.1, 0.15) is 30.9 Å². The van der Waals surface area contributed by atoms with Crippen LogP contribution in [-0.2, 0) is 4.79 Å². The van der Waals surface area contributed by atoms with E-state index in [4.69, 9.17) is 0 Å². The Morgan fingerprint density at radius 3 is 2.30 bits per heavy atom. The van der Waals surface area contributed by atoms with Crippen molar-refractivity contribution in [2.24, 2.45) is 0 Å². The molecule has 0 unspecified atom stereocenters. The van der Waals surface area contributed by atoms with Gasteiger partial charge >= 0.3 is 0 Å². The molecular weight excluding hydrogens is 246 g/mol. The van der Waals surface area contributed by atoms with Crippen molar-refractivity contribution in [3.05, 3.63) is 53.6 Å². The molecule has 2 rings (SSSR count). The zero-order valence-electron chi connectivity index (χ0n) is 12.4. The minimum atomic E-state index is 0.0802. The van der Waals surface area contributed by atoms with Gasteiger partial charge in [-0.3, -0.25) is 4.79 Å². The summed E-state index contributed by atoms with van der Waals surface area (Å²) < 4.78 is 0. The third kappa shape index (κ3) is 3.47. The molecule has 2 aromatic rings. The Bertz CT molecular complexity index is 599. The molecule has 0 aliphatic rings. The van der Waals surface area contributed by atoms with Crippen LogP contribution in [-0.4, -0.2) is 5.91 Å². The summed E-state index contributed by atoms with van der Waals surface area (Å²) in [4.78, 5) is 11.7. The largest absolute Gasteiger partial charge is 0.326 e. The summed E-state index contributed by atoms with van der Waals surface area (Å²) in [5, 5.41) is 2.99. The quantitative estimate of drug-likeness (QED) is 0.854. The molecule has 104 valence electrons. The number of carbonyl (C=O) groups is 1. The monoisotopic (exact) mass is 267 g/mol. The maximum atomic E-state index is 11.7. The minimum Gasteiger partial charge on any atom is -0.326 e. The molecule has 0 bridgehead atoms. The molecule has 0 fully saturated rings. The Morgan fingerprint density at radius 2 is 1.65 bits per heavy atom. The van der Waals surface area contributed by atoms with E-state index >= 15 is 0 Å². The third-order valence-electron chi connectivity index (χ3n) is 3.37. The van der Waals surface area contributed by atoms with E-state index in [2.05, 4.69) is 48.6 Å². The van der Waals surface area contributed by atoms with Crippen molar-refractivity contribution in [2.75, 3.05) is 5.32 Å². The zero-order chi connectivity index (χ0) is 14.5. The summed E-state index contributed by atoms with van der Waals surface area (Å²) >= 11 is 0. The number of rotatable bonds is 4. The van der Waals surface area contributed by atoms with E-state index in [1.165, 1.54) is 11.1 Å². The number of aryl methyl sites for hydroxylation is 2. The predicted molar refractivity (Wildman–Crippen MR) is 84.9 cm³/mol. The molecule has 1 amide bonds. The summed E-state index contributed by atoms with van der Waals surface area (Å²) in [6.45, 7) is 6.10. The number of nitrogens with one attached hydrogen (secondary N) is 1. The number of benzene rings is 2. The molecule has 0 heterocycles. The number of anilines is 1. The van der Waals surface area contributed by atoms with Crippen LogP contribution in [0.15, 0.2) is 42.5 Å². The second kappa shape index (κ2) is 6.38. The molecule has 0 spiro atoms. The topological polar surface area (TPSA) is 29.1 Å². The van der Waals surface area contributed by atoms with Gasteiger partial charge in [-0.2, -0.15) is 0 Å². The zero-order valence-corrected chi connectivity index (χ0v) is 12.4. The van der Waals surface area contributed by atoms with E-state index in [0.29, 0.717) is 6.42 Å². The van der Waals surface area contributed by atoms with Gasteiger partial charge < -0.3 is 5.32 Å². The Kier molecular flexibility index (Phi) is 4.57. The molecule has 0 saturated heterocycles. The lowest BCUT2D eigenvalue weighted by molar-refractivity contribution is -0.116. The summed E-state index contributed by atoms with van der Waals surface area (Å²) in [7, 11) is 0. The highest BCUT2D eigenvalue weighted by atomic mass is 16.1. The molecule has 0 aromatic heterocycles. The highest BCUT2D eigenvalue weighted by molar-refractivity contribution is 5.92. The summed E-state index contributed by atoms with van der Waals surface area (Å²) in [5.74, 6) is 0.0802. The molecular formula is C18H21NO. The van der Waals surface area contributed by atoms with Crippen LogP contribution >= 0.6 is 0 Å². The van der Waals surface area contributed by atoms with Crippen molar-refractivity contribution in [1.29, 1.82) is 0 Å². The second-order valence-corrected chi connectivity index (χ2v) is 5.19. The minimum absolute atomic E-state index is 0.0802. The average molecular weight is 267 g/mol. The van der Waals surface area contributed by atoms with Crippen LogP contribution < -0.4 is 5.32 Å². The first-order chi connectivity index (χ1) is 9.60. The first-order valence-corrected chi connectivity index (χ1v) is 7.07. The number of carbonyl (C=O) groups excluding carboxylic acids is 1. The van der Waals surface area contributed by atoms with Crippen LogP contribution in [0.2, 0.25) is 0 Å². The molecule has 0 aliphatic carbocycles. The van der Waals surface area contributed by atoms with Gasteiger partial charge in [-0.1, -0.05) is 48.9 Å². The molecule has 2 aromatic carbocycles. The molecule has 0 radical (unpaired) electrons. The molecule has 0 saturated carbocycles. The Morgan fingerprint density at radius 1 is 1.00 bits per heavy atom. The van der Waals surface area contributed by atoms with Gasteiger partial charge in [0.05, 0.1) is 0 Å². The van der Waals surface area contributed by atoms with E-state index in [0.717, 1.165) is 23.2 Å². The van der Waals surface area contributed by atoms with Gasteiger partial charge in [0.1, 0.15) is 0 Å². The molecule has 20 heavy (non-hydrogen) atoms. The van der Waals surface area contributed by atoms with E-state index < -0.39 is 0 Å². The van der Waals surface area contributed by atoms with Crippen molar-refractivity contribution in [2.45, 2.75) is 33.6 Å². The highest BCUT2D eigenvalue weighted by Gasteiger charge is 2.06. The van der Waals surface area contributed by atoms with E-state index in [1.54, 1.807) is 0 Å². The highest BCUT2D eigenvalue weighted by Crippen LogP contribution is 2.25. The van der Waals surface area contributed by atoms with Gasteiger partial charge in [0.15, 0.2) is 0 Å². The first kappa shape index (κ1) is 14.3. The van der Waals surface area contributed by atoms with Crippen LogP contribution in [0.5, 0.6) is 0 Å². The Balaban J connectivity index is 2.28. The van der Waals surface area contributed by atoms with Gasteiger partial charge in [0.2, 0.25) is 5.91 Å². The standard InChI is InChI=1S/C18H21NO/c1-4-5-18(20)19-17-12-16(11-8-14(17)3)15-9-6-13(2)7-10-15/h6-12H,4-5H2,1-3H3,(H,19,20). The molecule has 1 N–H and O–H groups in total. The summed E-state index contributed by atoms with van der Waals surface area (Å²) in [6.07, 6.45) is 1.43. The third-order valence-corrected chi connectivity index (χ3v) is 3.37. The van der Waals surface area contributed by atoms with Gasteiger partial charge in [-0.15, -0.1) is 0 Å². The lowest BCUT2D eigenvalue weighted by Gasteiger charge is -2.11. The van der Waals surface area contributed by atoms with Gasteiger partial charge in [-0.25, -0.2) is 0 Å². The lowest BCUT2D eigenvalue weighted by Crippen LogP contribution is -2.11. The summed E-state index contributed by atoms with van der Waals surface area (Å²) in [5.41, 5.74) is 5.54. The Hall–Kier alpha value is -2.09. The van der Waals surface area contributed by atoms with Crippen LogP contribution in [0.25, 0.3) is 11.1 Å². The van der Waals surface area contributed by atoms with Gasteiger partial charge in [0.25, 0.3) is 0 Å². The fourth-order valence-corrected chi connectivity index (χ4v) is 2.12. The van der Waals surface area contributed by atoms with Crippen molar-refractivity contribution >= 4 is 11.6 Å². The smallest absolute Gasteiger partial charge is 0.224 e. The molecule has 2 nitrogen and oxygen atoms in total. The van der Waals surface area contributed by atoms with Crippen LogP contribution in [0, 0.1) is 13.8 Å². The fraction of sp³-hybridized carbons (Fsp3) is 0.278. The van der Waals surface area contributed by atoms with Crippen LogP contribution in [0.3, 0.4) is 0 Å². The number of hydrogen-bond donors (Lipinski definition) is 1.